The average Bonchev–Trinajstić information content (AvgIpc) is 2.38. The Bertz CT molecular complexity index is 445. The summed E-state index contributed by atoms with van der Waals surface area (Å²) in [6, 6.07) is 6.39. The number of carbonyl (C=O) groups excluding carboxylic acids is 1. The Morgan fingerprint density at radius 3 is 2.89 bits per heavy atom. The molecule has 1 aliphatic heterocycles. The normalized spacial score (nSPS) is 19.7. The first kappa shape index (κ1) is 12.9. The van der Waals surface area contributed by atoms with Crippen molar-refractivity contribution in [3.05, 3.63) is 29.3 Å². The van der Waals surface area contributed by atoms with Gasteiger partial charge in [0, 0.05) is 32.6 Å². The highest BCUT2D eigenvalue weighted by molar-refractivity contribution is 5.73. The van der Waals surface area contributed by atoms with E-state index in [1.165, 1.54) is 5.56 Å². The second-order valence-corrected chi connectivity index (χ2v) is 4.70. The molecule has 0 radical (unpaired) electrons. The zero-order chi connectivity index (χ0) is 13.1. The van der Waals surface area contributed by atoms with E-state index in [9.17, 15) is 4.79 Å². The summed E-state index contributed by atoms with van der Waals surface area (Å²) in [4.78, 5) is 13.3. The number of ether oxygens (including phenoxy) is 1. The molecule has 1 fully saturated rings. The summed E-state index contributed by atoms with van der Waals surface area (Å²) in [7, 11) is 1.68. The minimum atomic E-state index is 0.145. The third-order valence-corrected chi connectivity index (χ3v) is 3.44. The quantitative estimate of drug-likeness (QED) is 0.862. The molecular formula is C14H20N2O2. The van der Waals surface area contributed by atoms with E-state index in [4.69, 9.17) is 4.74 Å². The number of piperazine rings is 1. The van der Waals surface area contributed by atoms with E-state index in [0.717, 1.165) is 30.9 Å². The van der Waals surface area contributed by atoms with Crippen molar-refractivity contribution in [3.63, 3.8) is 0 Å². The maximum absolute atomic E-state index is 11.4. The molecule has 1 aromatic carbocycles. The SMILES string of the molecule is COc1ccc(C2CN(C(C)=O)CCN2)cc1C. The lowest BCUT2D eigenvalue weighted by Gasteiger charge is -2.33. The van der Waals surface area contributed by atoms with E-state index in [-0.39, 0.29) is 11.9 Å². The zero-order valence-corrected chi connectivity index (χ0v) is 11.2. The minimum absolute atomic E-state index is 0.145. The van der Waals surface area contributed by atoms with Crippen LogP contribution in [0.5, 0.6) is 5.75 Å². The van der Waals surface area contributed by atoms with Crippen LogP contribution in [0.3, 0.4) is 0 Å². The highest BCUT2D eigenvalue weighted by Gasteiger charge is 2.22. The molecule has 1 aliphatic rings. The Labute approximate surface area is 108 Å². The Morgan fingerprint density at radius 1 is 1.50 bits per heavy atom. The fourth-order valence-electron chi connectivity index (χ4n) is 2.38. The van der Waals surface area contributed by atoms with Gasteiger partial charge in [-0.15, -0.1) is 0 Å². The average molecular weight is 248 g/mol. The maximum Gasteiger partial charge on any atom is 0.219 e. The number of aryl methyl sites for hydroxylation is 1. The molecule has 2 rings (SSSR count). The van der Waals surface area contributed by atoms with Gasteiger partial charge in [0.2, 0.25) is 5.91 Å². The number of hydrogen-bond donors (Lipinski definition) is 1. The van der Waals surface area contributed by atoms with Crippen LogP contribution in [-0.2, 0) is 4.79 Å². The summed E-state index contributed by atoms with van der Waals surface area (Å²) >= 11 is 0. The number of nitrogens with zero attached hydrogens (tertiary/aromatic N) is 1. The molecule has 1 amide bonds. The number of amides is 1. The van der Waals surface area contributed by atoms with E-state index >= 15 is 0 Å². The third-order valence-electron chi connectivity index (χ3n) is 3.44. The number of carbonyl (C=O) groups is 1. The van der Waals surface area contributed by atoms with Crippen molar-refractivity contribution in [2.75, 3.05) is 26.7 Å². The van der Waals surface area contributed by atoms with Gasteiger partial charge >= 0.3 is 0 Å². The van der Waals surface area contributed by atoms with Gasteiger partial charge in [0.05, 0.1) is 7.11 Å². The van der Waals surface area contributed by atoms with Crippen LogP contribution in [0.15, 0.2) is 18.2 Å². The Morgan fingerprint density at radius 2 is 2.28 bits per heavy atom. The van der Waals surface area contributed by atoms with Gasteiger partial charge in [0.15, 0.2) is 0 Å². The number of nitrogens with one attached hydrogen (secondary N) is 1. The fourth-order valence-corrected chi connectivity index (χ4v) is 2.38. The molecule has 1 N–H and O–H groups in total. The third kappa shape index (κ3) is 2.64. The highest BCUT2D eigenvalue weighted by atomic mass is 16.5. The molecule has 4 heteroatoms. The van der Waals surface area contributed by atoms with Gasteiger partial charge in [-0.1, -0.05) is 12.1 Å². The topological polar surface area (TPSA) is 41.6 Å². The number of methoxy groups -OCH3 is 1. The molecule has 0 aliphatic carbocycles. The van der Waals surface area contributed by atoms with Gasteiger partial charge in [-0.2, -0.15) is 0 Å². The number of rotatable bonds is 2. The van der Waals surface area contributed by atoms with Gasteiger partial charge < -0.3 is 15.0 Å². The monoisotopic (exact) mass is 248 g/mol. The lowest BCUT2D eigenvalue weighted by molar-refractivity contribution is -0.130. The first-order valence-corrected chi connectivity index (χ1v) is 6.25. The Hall–Kier alpha value is -1.55. The second-order valence-electron chi connectivity index (χ2n) is 4.70. The predicted octanol–water partition coefficient (Wildman–Crippen LogP) is 1.50. The van der Waals surface area contributed by atoms with E-state index in [2.05, 4.69) is 17.4 Å². The first-order valence-electron chi connectivity index (χ1n) is 6.25. The highest BCUT2D eigenvalue weighted by Crippen LogP contribution is 2.24. The Kier molecular flexibility index (Phi) is 3.87. The van der Waals surface area contributed by atoms with Gasteiger partial charge in [-0.05, 0) is 24.1 Å². The van der Waals surface area contributed by atoms with Gasteiger partial charge in [0.25, 0.3) is 0 Å². The molecule has 0 spiro atoms. The minimum Gasteiger partial charge on any atom is -0.496 e. The predicted molar refractivity (Wildman–Crippen MR) is 70.7 cm³/mol. The van der Waals surface area contributed by atoms with Crippen LogP contribution in [0.1, 0.15) is 24.1 Å². The van der Waals surface area contributed by atoms with Crippen molar-refractivity contribution in [1.29, 1.82) is 0 Å². The van der Waals surface area contributed by atoms with Crippen LogP contribution in [0.4, 0.5) is 0 Å². The van der Waals surface area contributed by atoms with Crippen molar-refractivity contribution in [1.82, 2.24) is 10.2 Å². The van der Waals surface area contributed by atoms with Crippen LogP contribution < -0.4 is 10.1 Å². The van der Waals surface area contributed by atoms with Crippen LogP contribution in [0.2, 0.25) is 0 Å². The number of hydrogen-bond acceptors (Lipinski definition) is 3. The summed E-state index contributed by atoms with van der Waals surface area (Å²) in [5.74, 6) is 1.05. The lowest BCUT2D eigenvalue weighted by Crippen LogP contribution is -2.47. The second kappa shape index (κ2) is 5.40. The van der Waals surface area contributed by atoms with Crippen LogP contribution >= 0.6 is 0 Å². The summed E-state index contributed by atoms with van der Waals surface area (Å²) in [6.45, 7) is 6.03. The van der Waals surface area contributed by atoms with E-state index < -0.39 is 0 Å². The van der Waals surface area contributed by atoms with Crippen molar-refractivity contribution >= 4 is 5.91 Å². The molecule has 0 aromatic heterocycles. The van der Waals surface area contributed by atoms with E-state index in [1.54, 1.807) is 14.0 Å². The lowest BCUT2D eigenvalue weighted by atomic mass is 10.0. The Balaban J connectivity index is 2.16. The number of benzene rings is 1. The smallest absolute Gasteiger partial charge is 0.219 e. The summed E-state index contributed by atoms with van der Waals surface area (Å²) < 4.78 is 5.26. The van der Waals surface area contributed by atoms with Gasteiger partial charge in [-0.25, -0.2) is 0 Å². The molecule has 1 saturated heterocycles. The largest absolute Gasteiger partial charge is 0.496 e. The summed E-state index contributed by atoms with van der Waals surface area (Å²) in [5.41, 5.74) is 2.33. The van der Waals surface area contributed by atoms with Crippen molar-refractivity contribution < 1.29 is 9.53 Å². The van der Waals surface area contributed by atoms with Gasteiger partial charge in [-0.3, -0.25) is 4.79 Å². The van der Waals surface area contributed by atoms with Gasteiger partial charge in [0.1, 0.15) is 5.75 Å². The molecule has 4 nitrogen and oxygen atoms in total. The van der Waals surface area contributed by atoms with Crippen LogP contribution in [0.25, 0.3) is 0 Å². The standard InChI is InChI=1S/C14H20N2O2/c1-10-8-12(4-5-14(10)18-3)13-9-16(11(2)17)7-6-15-13/h4-5,8,13,15H,6-7,9H2,1-3H3. The maximum atomic E-state index is 11.4. The molecular weight excluding hydrogens is 228 g/mol. The van der Waals surface area contributed by atoms with Crippen LogP contribution in [0, 0.1) is 6.92 Å². The molecule has 18 heavy (non-hydrogen) atoms. The summed E-state index contributed by atoms with van der Waals surface area (Å²) in [6.07, 6.45) is 0. The van der Waals surface area contributed by atoms with E-state index in [0.29, 0.717) is 0 Å². The molecule has 0 saturated carbocycles. The molecule has 1 heterocycles. The van der Waals surface area contributed by atoms with Crippen molar-refractivity contribution in [2.24, 2.45) is 0 Å². The zero-order valence-electron chi connectivity index (χ0n) is 11.2. The molecule has 0 bridgehead atoms. The fraction of sp³-hybridized carbons (Fsp3) is 0.500. The molecule has 1 unspecified atom stereocenters. The van der Waals surface area contributed by atoms with Crippen LogP contribution in [-0.4, -0.2) is 37.6 Å². The summed E-state index contributed by atoms with van der Waals surface area (Å²) in [5, 5.41) is 3.45. The first-order chi connectivity index (χ1) is 8.61. The molecule has 98 valence electrons. The van der Waals surface area contributed by atoms with Crippen molar-refractivity contribution in [3.8, 4) is 5.75 Å². The van der Waals surface area contributed by atoms with Crippen molar-refractivity contribution in [2.45, 2.75) is 19.9 Å². The van der Waals surface area contributed by atoms with E-state index in [1.807, 2.05) is 17.9 Å². The molecule has 1 atom stereocenters. The molecule has 1 aromatic rings.